The Kier molecular flexibility index (Phi) is 5.78. The van der Waals surface area contributed by atoms with Gasteiger partial charge in [-0.25, -0.2) is 9.18 Å². The number of cyclic esters (lactones) is 1. The molecule has 1 aromatic carbocycles. The molecule has 1 aliphatic rings. The lowest BCUT2D eigenvalue weighted by Gasteiger charge is -2.43. The summed E-state index contributed by atoms with van der Waals surface area (Å²) in [4.78, 5) is 26.1. The Morgan fingerprint density at radius 3 is 2.47 bits per heavy atom. The van der Waals surface area contributed by atoms with Gasteiger partial charge >= 0.3 is 6.09 Å². The lowest BCUT2D eigenvalue weighted by molar-refractivity contribution is -0.0859. The number of aryl methyl sites for hydroxylation is 1. The maximum absolute atomic E-state index is 14.3. The molecule has 2 atom stereocenters. The smallest absolute Gasteiger partial charge is 0.410 e. The highest BCUT2D eigenvalue weighted by atomic mass is 19.1. The second-order valence-corrected chi connectivity index (χ2v) is 9.03. The molecule has 1 aromatic heterocycles. The van der Waals surface area contributed by atoms with E-state index in [2.05, 4.69) is 0 Å². The van der Waals surface area contributed by atoms with Crippen molar-refractivity contribution in [3.63, 3.8) is 0 Å². The number of aliphatic hydroxyl groups is 1. The van der Waals surface area contributed by atoms with Gasteiger partial charge in [0.15, 0.2) is 0 Å². The van der Waals surface area contributed by atoms with Gasteiger partial charge in [0.05, 0.1) is 11.6 Å². The van der Waals surface area contributed by atoms with Crippen LogP contribution in [0.2, 0.25) is 0 Å². The van der Waals surface area contributed by atoms with Crippen LogP contribution in [-0.4, -0.2) is 38.4 Å². The van der Waals surface area contributed by atoms with Crippen molar-refractivity contribution < 1.29 is 19.0 Å². The van der Waals surface area contributed by atoms with E-state index < -0.39 is 23.1 Å². The van der Waals surface area contributed by atoms with Crippen molar-refractivity contribution >= 4 is 6.09 Å². The molecule has 6 nitrogen and oxygen atoms in total. The molecule has 0 spiro atoms. The number of ether oxygens (including phenoxy) is 1. The zero-order chi connectivity index (χ0) is 22.3. The van der Waals surface area contributed by atoms with Crippen LogP contribution in [0.4, 0.5) is 9.18 Å². The number of nitrogens with zero attached hydrogens (tertiary/aromatic N) is 2. The van der Waals surface area contributed by atoms with Crippen molar-refractivity contribution in [2.24, 2.45) is 7.05 Å². The summed E-state index contributed by atoms with van der Waals surface area (Å²) < 4.78 is 21.1. The Labute approximate surface area is 175 Å². The summed E-state index contributed by atoms with van der Waals surface area (Å²) in [5, 5.41) is 10.1. The van der Waals surface area contributed by atoms with E-state index >= 15 is 0 Å². The van der Waals surface area contributed by atoms with Crippen LogP contribution in [0.25, 0.3) is 11.1 Å². The SMILES string of the molecule is C[C@@H](c1ccc(-c2cc(=O)n(C)cc2F)cc1)N1CC[C@@](C)(CC(C)(C)O)OC1=O. The van der Waals surface area contributed by atoms with Gasteiger partial charge in [-0.15, -0.1) is 0 Å². The number of pyridine rings is 1. The number of halogens is 1. The van der Waals surface area contributed by atoms with Gasteiger partial charge in [0.25, 0.3) is 5.56 Å². The molecule has 1 aliphatic heterocycles. The number of carbonyl (C=O) groups is 1. The zero-order valence-corrected chi connectivity index (χ0v) is 18.1. The van der Waals surface area contributed by atoms with Crippen LogP contribution < -0.4 is 5.56 Å². The third kappa shape index (κ3) is 4.73. The van der Waals surface area contributed by atoms with E-state index in [0.29, 0.717) is 24.9 Å². The molecule has 1 N–H and O–H groups in total. The van der Waals surface area contributed by atoms with Crippen molar-refractivity contribution in [1.82, 2.24) is 9.47 Å². The van der Waals surface area contributed by atoms with Gasteiger partial charge in [-0.2, -0.15) is 0 Å². The van der Waals surface area contributed by atoms with Crippen molar-refractivity contribution in [3.8, 4) is 11.1 Å². The number of benzene rings is 1. The highest BCUT2D eigenvalue weighted by Crippen LogP contribution is 2.35. The van der Waals surface area contributed by atoms with E-state index in [1.54, 1.807) is 30.9 Å². The van der Waals surface area contributed by atoms with Gasteiger partial charge < -0.3 is 19.3 Å². The predicted molar refractivity (Wildman–Crippen MR) is 113 cm³/mol. The minimum absolute atomic E-state index is 0.230. The summed E-state index contributed by atoms with van der Waals surface area (Å²) in [5.41, 5.74) is -0.184. The number of hydrogen-bond acceptors (Lipinski definition) is 4. The summed E-state index contributed by atoms with van der Waals surface area (Å²) in [6.07, 6.45) is 1.74. The summed E-state index contributed by atoms with van der Waals surface area (Å²) in [7, 11) is 1.50. The van der Waals surface area contributed by atoms with Crippen molar-refractivity contribution in [2.45, 2.75) is 57.8 Å². The van der Waals surface area contributed by atoms with Crippen LogP contribution in [0.15, 0.2) is 41.3 Å². The lowest BCUT2D eigenvalue weighted by atomic mass is 9.87. The Morgan fingerprint density at radius 1 is 1.27 bits per heavy atom. The van der Waals surface area contributed by atoms with Crippen molar-refractivity contribution in [1.29, 1.82) is 0 Å². The number of rotatable bonds is 5. The Balaban J connectivity index is 1.75. The van der Waals surface area contributed by atoms with Crippen LogP contribution in [0.5, 0.6) is 0 Å². The molecule has 162 valence electrons. The van der Waals surface area contributed by atoms with E-state index in [-0.39, 0.29) is 17.2 Å². The summed E-state index contributed by atoms with van der Waals surface area (Å²) >= 11 is 0. The highest BCUT2D eigenvalue weighted by molar-refractivity contribution is 5.70. The third-order valence-corrected chi connectivity index (χ3v) is 5.61. The molecule has 0 aliphatic carbocycles. The predicted octanol–water partition coefficient (Wildman–Crippen LogP) is 4.01. The van der Waals surface area contributed by atoms with Crippen LogP contribution in [-0.2, 0) is 11.8 Å². The average molecular weight is 416 g/mol. The largest absolute Gasteiger partial charge is 0.443 e. The summed E-state index contributed by atoms with van der Waals surface area (Å²) in [5.74, 6) is -0.469. The zero-order valence-electron chi connectivity index (χ0n) is 18.1. The van der Waals surface area contributed by atoms with Crippen molar-refractivity contribution in [2.75, 3.05) is 6.54 Å². The quantitative estimate of drug-likeness (QED) is 0.799. The van der Waals surface area contributed by atoms with Crippen LogP contribution in [0, 0.1) is 5.82 Å². The lowest BCUT2D eigenvalue weighted by Crippen LogP contribution is -2.51. The van der Waals surface area contributed by atoms with Crippen LogP contribution in [0.3, 0.4) is 0 Å². The molecule has 2 aromatic rings. The first kappa shape index (κ1) is 22.0. The first-order chi connectivity index (χ1) is 13.9. The molecule has 0 radical (unpaired) electrons. The van der Waals surface area contributed by atoms with Crippen LogP contribution >= 0.6 is 0 Å². The fourth-order valence-corrected chi connectivity index (χ4v) is 4.10. The second kappa shape index (κ2) is 7.87. The molecular formula is C23H29FN2O4. The standard InChI is InChI=1S/C23H29FN2O4/c1-15(26-11-10-23(4,30-21(26)28)14-22(2,3)29)16-6-8-17(9-7-16)18-12-20(27)25(5)13-19(18)24/h6-9,12-13,15,29H,10-11,14H2,1-5H3/t15-,23-/m0/s1. The summed E-state index contributed by atoms with van der Waals surface area (Å²) in [6, 6.07) is 8.20. The fourth-order valence-electron chi connectivity index (χ4n) is 4.10. The van der Waals surface area contributed by atoms with Crippen molar-refractivity contribution in [3.05, 3.63) is 58.3 Å². The molecule has 1 amide bonds. The van der Waals surface area contributed by atoms with E-state index in [0.717, 1.165) is 5.56 Å². The van der Waals surface area contributed by atoms with E-state index in [9.17, 15) is 19.1 Å². The molecule has 0 saturated carbocycles. The molecule has 1 fully saturated rings. The molecule has 1 saturated heterocycles. The van der Waals surface area contributed by atoms with Gasteiger partial charge in [-0.3, -0.25) is 4.79 Å². The monoisotopic (exact) mass is 416 g/mol. The minimum atomic E-state index is -0.924. The third-order valence-electron chi connectivity index (χ3n) is 5.61. The van der Waals surface area contributed by atoms with Gasteiger partial charge in [0, 0.05) is 44.3 Å². The Morgan fingerprint density at radius 2 is 1.90 bits per heavy atom. The minimum Gasteiger partial charge on any atom is -0.443 e. The average Bonchev–Trinajstić information content (AvgIpc) is 2.62. The van der Waals surface area contributed by atoms with E-state index in [1.165, 1.54) is 23.9 Å². The molecule has 2 heterocycles. The number of aromatic nitrogens is 1. The maximum atomic E-state index is 14.3. The summed E-state index contributed by atoms with van der Waals surface area (Å²) in [6.45, 7) is 7.67. The second-order valence-electron chi connectivity index (χ2n) is 9.03. The number of carbonyl (C=O) groups excluding carboxylic acids is 1. The molecular weight excluding hydrogens is 387 g/mol. The van der Waals surface area contributed by atoms with Gasteiger partial charge in [0.2, 0.25) is 0 Å². The Bertz CT molecular complexity index is 994. The normalized spacial score (nSPS) is 20.8. The molecule has 7 heteroatoms. The topological polar surface area (TPSA) is 71.8 Å². The Hall–Kier alpha value is -2.67. The van der Waals surface area contributed by atoms with E-state index in [1.807, 2.05) is 26.0 Å². The molecule has 3 rings (SSSR count). The first-order valence-corrected chi connectivity index (χ1v) is 10.1. The molecule has 0 unspecified atom stereocenters. The van der Waals surface area contributed by atoms with Gasteiger partial charge in [0.1, 0.15) is 11.4 Å². The van der Waals surface area contributed by atoms with E-state index in [4.69, 9.17) is 4.74 Å². The molecule has 0 bridgehead atoms. The molecule has 30 heavy (non-hydrogen) atoms. The van der Waals surface area contributed by atoms with Gasteiger partial charge in [-0.05, 0) is 38.8 Å². The first-order valence-electron chi connectivity index (χ1n) is 10.1. The number of hydrogen-bond donors (Lipinski definition) is 1. The van der Waals surface area contributed by atoms with Crippen LogP contribution in [0.1, 0.15) is 52.1 Å². The van der Waals surface area contributed by atoms with Gasteiger partial charge in [-0.1, -0.05) is 24.3 Å². The fraction of sp³-hybridized carbons (Fsp3) is 0.478. The highest BCUT2D eigenvalue weighted by Gasteiger charge is 2.41. The number of amides is 1. The maximum Gasteiger partial charge on any atom is 0.410 e.